The molecule has 0 radical (unpaired) electrons. The lowest BCUT2D eigenvalue weighted by Crippen LogP contribution is -1.88. The quantitative estimate of drug-likeness (QED) is 0.361. The lowest BCUT2D eigenvalue weighted by molar-refractivity contribution is -0.384. The first-order valence-electron chi connectivity index (χ1n) is 3.53. The molecule has 0 aromatic heterocycles. The van der Waals surface area contributed by atoms with Gasteiger partial charge in [0.1, 0.15) is 0 Å². The summed E-state index contributed by atoms with van der Waals surface area (Å²) in [4.78, 5) is 9.56. The molecule has 0 heterocycles. The third-order valence-corrected chi connectivity index (χ3v) is 0.962. The second-order valence-electron chi connectivity index (χ2n) is 1.67. The molecule has 0 saturated heterocycles. The van der Waals surface area contributed by atoms with E-state index in [-0.39, 0.29) is 23.5 Å². The van der Waals surface area contributed by atoms with E-state index in [1.165, 1.54) is 0 Å². The van der Waals surface area contributed by atoms with Gasteiger partial charge in [-0.15, -0.1) is 0 Å². The van der Waals surface area contributed by atoms with Crippen molar-refractivity contribution >= 4 is 11.4 Å². The lowest BCUT2D eigenvalue weighted by atomic mass is 10.3. The van der Waals surface area contributed by atoms with Crippen LogP contribution < -0.4 is 5.73 Å². The minimum atomic E-state index is -0.657. The molecule has 1 aromatic rings. The Morgan fingerprint density at radius 1 is 1.60 bits per heavy atom. The van der Waals surface area contributed by atoms with Gasteiger partial charge in [-0.05, 0) is 12.1 Å². The Kier molecular flexibility index (Phi) is 1.00. The molecule has 0 atom stereocenters. The van der Waals surface area contributed by atoms with Crippen molar-refractivity contribution < 1.29 is 7.66 Å². The molecule has 0 aliphatic carbocycles. The zero-order valence-electron chi connectivity index (χ0n) is 7.00. The highest BCUT2D eigenvalue weighted by atomic mass is 16.6. The maximum absolute atomic E-state index is 10.2. The van der Waals surface area contributed by atoms with E-state index in [2.05, 4.69) is 0 Å². The monoisotopic (exact) mass is 140 g/mol. The third-order valence-electron chi connectivity index (χ3n) is 0.962. The number of nitrogens with zero attached hydrogens (tertiary/aromatic N) is 1. The summed E-state index contributed by atoms with van der Waals surface area (Å²) in [6.07, 6.45) is 0. The largest absolute Gasteiger partial charge is 0.399 e. The molecule has 10 heavy (non-hydrogen) atoms. The van der Waals surface area contributed by atoms with Crippen LogP contribution in [0.4, 0.5) is 11.4 Å². The van der Waals surface area contributed by atoms with Crippen LogP contribution >= 0.6 is 0 Å². The van der Waals surface area contributed by atoms with Crippen LogP contribution in [0.15, 0.2) is 24.2 Å². The fourth-order valence-corrected chi connectivity index (χ4v) is 0.492. The van der Waals surface area contributed by atoms with E-state index in [4.69, 9.17) is 8.48 Å². The van der Waals surface area contributed by atoms with Gasteiger partial charge in [0.05, 0.1) is 7.66 Å². The van der Waals surface area contributed by atoms with Crippen LogP contribution in [0, 0.1) is 10.1 Å². The van der Waals surface area contributed by atoms with E-state index in [1.54, 1.807) is 0 Å². The number of nitro groups is 1. The zero-order valence-corrected chi connectivity index (χ0v) is 5.00. The molecule has 0 bridgehead atoms. The number of non-ortho nitro benzene ring substituents is 1. The molecule has 0 unspecified atom stereocenters. The SMILES string of the molecule is [2H]c1cc([N+](=O)[O-])cc([2H])c1N. The summed E-state index contributed by atoms with van der Waals surface area (Å²) in [5.74, 6) is 0. The van der Waals surface area contributed by atoms with E-state index < -0.39 is 4.92 Å². The van der Waals surface area contributed by atoms with Gasteiger partial charge < -0.3 is 5.73 Å². The summed E-state index contributed by atoms with van der Waals surface area (Å²) in [6, 6.07) is 1.67. The number of hydrogen-bond donors (Lipinski definition) is 1. The Morgan fingerprint density at radius 3 is 2.50 bits per heavy atom. The summed E-state index contributed by atoms with van der Waals surface area (Å²) in [7, 11) is 0. The van der Waals surface area contributed by atoms with Gasteiger partial charge in [-0.2, -0.15) is 0 Å². The zero-order chi connectivity index (χ0) is 9.30. The van der Waals surface area contributed by atoms with Crippen LogP contribution in [0.3, 0.4) is 0 Å². The van der Waals surface area contributed by atoms with E-state index >= 15 is 0 Å². The summed E-state index contributed by atoms with van der Waals surface area (Å²) in [6.45, 7) is 0. The van der Waals surface area contributed by atoms with Crippen molar-refractivity contribution in [3.8, 4) is 0 Å². The third kappa shape index (κ3) is 1.22. The molecule has 0 amide bonds. The standard InChI is InChI=1S/C6H6N2O2/c7-5-1-3-6(4-2-5)8(9)10/h1-4H,7H2/i1D,2D. The van der Waals surface area contributed by atoms with Gasteiger partial charge in [0.15, 0.2) is 0 Å². The van der Waals surface area contributed by atoms with Crippen molar-refractivity contribution in [2.45, 2.75) is 0 Å². The lowest BCUT2D eigenvalue weighted by Gasteiger charge is -1.90. The Balaban J connectivity index is 3.31. The van der Waals surface area contributed by atoms with E-state index in [0.29, 0.717) is 0 Å². The van der Waals surface area contributed by atoms with Crippen molar-refractivity contribution in [1.82, 2.24) is 0 Å². The molecule has 4 nitrogen and oxygen atoms in total. The Hall–Kier alpha value is -1.58. The fourth-order valence-electron chi connectivity index (χ4n) is 0.492. The number of benzene rings is 1. The molecule has 0 fully saturated rings. The Morgan fingerprint density at radius 2 is 2.10 bits per heavy atom. The van der Waals surface area contributed by atoms with Crippen molar-refractivity contribution in [3.63, 3.8) is 0 Å². The van der Waals surface area contributed by atoms with Gasteiger partial charge in [-0.25, -0.2) is 0 Å². The van der Waals surface area contributed by atoms with E-state index in [9.17, 15) is 10.1 Å². The molecule has 0 aliphatic heterocycles. The van der Waals surface area contributed by atoms with Crippen LogP contribution in [-0.2, 0) is 0 Å². The van der Waals surface area contributed by atoms with Crippen molar-refractivity contribution in [2.24, 2.45) is 0 Å². The molecule has 1 aromatic carbocycles. The van der Waals surface area contributed by atoms with Crippen LogP contribution in [-0.4, -0.2) is 4.92 Å². The van der Waals surface area contributed by atoms with Crippen LogP contribution in [0.1, 0.15) is 2.74 Å². The summed E-state index contributed by atoms with van der Waals surface area (Å²) in [5, 5.41) is 10.2. The number of nitrogen functional groups attached to an aromatic ring is 1. The molecule has 0 saturated carbocycles. The molecule has 0 aliphatic rings. The van der Waals surface area contributed by atoms with E-state index in [1.807, 2.05) is 0 Å². The highest BCUT2D eigenvalue weighted by Gasteiger charge is 2.00. The molecule has 4 heteroatoms. The van der Waals surface area contributed by atoms with Crippen LogP contribution in [0.25, 0.3) is 0 Å². The normalized spacial score (nSPS) is 12.0. The first-order valence-corrected chi connectivity index (χ1v) is 2.53. The second kappa shape index (κ2) is 2.34. The predicted molar refractivity (Wildman–Crippen MR) is 37.5 cm³/mol. The maximum Gasteiger partial charge on any atom is 0.269 e. The smallest absolute Gasteiger partial charge is 0.269 e. The number of rotatable bonds is 1. The summed E-state index contributed by atoms with van der Waals surface area (Å²) >= 11 is 0. The molecule has 2 N–H and O–H groups in total. The second-order valence-corrected chi connectivity index (χ2v) is 1.67. The average Bonchev–Trinajstić information content (AvgIpc) is 1.99. The highest BCUT2D eigenvalue weighted by Crippen LogP contribution is 2.11. The maximum atomic E-state index is 10.2. The van der Waals surface area contributed by atoms with Gasteiger partial charge in [0.2, 0.25) is 0 Å². The molecular weight excluding hydrogens is 132 g/mol. The number of nitro benzene ring substituents is 1. The van der Waals surface area contributed by atoms with Crippen LogP contribution in [0.5, 0.6) is 0 Å². The molecule has 52 valence electrons. The fraction of sp³-hybridized carbons (Fsp3) is 0. The first-order chi connectivity index (χ1) is 5.52. The predicted octanol–water partition coefficient (Wildman–Crippen LogP) is 1.18. The minimum absolute atomic E-state index is 0.0411. The van der Waals surface area contributed by atoms with Gasteiger partial charge in [-0.3, -0.25) is 10.1 Å². The number of hydrogen-bond acceptors (Lipinski definition) is 3. The molecular formula is C6H6N2O2. The van der Waals surface area contributed by atoms with Crippen molar-refractivity contribution in [3.05, 3.63) is 34.3 Å². The topological polar surface area (TPSA) is 69.2 Å². The van der Waals surface area contributed by atoms with Crippen molar-refractivity contribution in [1.29, 1.82) is 0 Å². The van der Waals surface area contributed by atoms with Crippen LogP contribution in [0.2, 0.25) is 0 Å². The molecule has 1 rings (SSSR count). The number of anilines is 1. The van der Waals surface area contributed by atoms with Gasteiger partial charge in [-0.1, -0.05) is 0 Å². The number of nitrogens with two attached hydrogens (primary N) is 1. The Labute approximate surface area is 60.2 Å². The molecule has 0 spiro atoms. The summed E-state index contributed by atoms with van der Waals surface area (Å²) in [5.41, 5.74) is 4.93. The van der Waals surface area contributed by atoms with Gasteiger partial charge in [0, 0.05) is 17.8 Å². The minimum Gasteiger partial charge on any atom is -0.399 e. The van der Waals surface area contributed by atoms with Gasteiger partial charge in [0.25, 0.3) is 5.69 Å². The van der Waals surface area contributed by atoms with E-state index in [0.717, 1.165) is 12.1 Å². The average molecular weight is 140 g/mol. The first kappa shape index (κ1) is 4.27. The Bertz CT molecular complexity index is 317. The summed E-state index contributed by atoms with van der Waals surface area (Å²) < 4.78 is 14.3. The van der Waals surface area contributed by atoms with Crippen molar-refractivity contribution in [2.75, 3.05) is 5.73 Å². The highest BCUT2D eigenvalue weighted by molar-refractivity contribution is 5.44. The van der Waals surface area contributed by atoms with Gasteiger partial charge >= 0.3 is 0 Å².